The molecule has 0 aromatic heterocycles. The SMILES string of the molecule is CCC(C(=O)O)N(C)C(C)CC(N)=S. The van der Waals surface area contributed by atoms with Crippen molar-refractivity contribution in [3.8, 4) is 0 Å². The van der Waals surface area contributed by atoms with Crippen molar-refractivity contribution in [1.82, 2.24) is 4.90 Å². The first kappa shape index (κ1) is 13.3. The second-order valence-corrected chi connectivity index (χ2v) is 3.97. The first-order valence-electron chi connectivity index (χ1n) is 4.63. The Morgan fingerprint density at radius 2 is 2.14 bits per heavy atom. The first-order chi connectivity index (χ1) is 6.40. The number of hydrogen-bond donors (Lipinski definition) is 2. The monoisotopic (exact) mass is 218 g/mol. The molecule has 0 aliphatic carbocycles. The van der Waals surface area contributed by atoms with E-state index in [4.69, 9.17) is 23.1 Å². The molecule has 82 valence electrons. The van der Waals surface area contributed by atoms with Crippen LogP contribution in [0.15, 0.2) is 0 Å². The fraction of sp³-hybridized carbons (Fsp3) is 0.778. The molecule has 0 saturated carbocycles. The molecule has 0 rings (SSSR count). The zero-order valence-corrected chi connectivity index (χ0v) is 9.67. The molecule has 4 nitrogen and oxygen atoms in total. The van der Waals surface area contributed by atoms with E-state index in [0.717, 1.165) is 0 Å². The molecule has 0 aliphatic heterocycles. The zero-order valence-electron chi connectivity index (χ0n) is 8.86. The van der Waals surface area contributed by atoms with Crippen molar-refractivity contribution in [2.75, 3.05) is 7.05 Å². The van der Waals surface area contributed by atoms with Crippen LogP contribution < -0.4 is 5.73 Å². The molecular formula is C9H18N2O2S. The van der Waals surface area contributed by atoms with E-state index in [1.807, 2.05) is 13.8 Å². The highest BCUT2D eigenvalue weighted by atomic mass is 32.1. The molecule has 2 atom stereocenters. The van der Waals surface area contributed by atoms with Crippen LogP contribution >= 0.6 is 12.2 Å². The molecule has 14 heavy (non-hydrogen) atoms. The van der Waals surface area contributed by atoms with E-state index in [2.05, 4.69) is 0 Å². The lowest BCUT2D eigenvalue weighted by Gasteiger charge is -2.29. The van der Waals surface area contributed by atoms with Gasteiger partial charge in [0.05, 0.1) is 4.99 Å². The third-order valence-corrected chi connectivity index (χ3v) is 2.52. The highest BCUT2D eigenvalue weighted by molar-refractivity contribution is 7.80. The Morgan fingerprint density at radius 1 is 1.64 bits per heavy atom. The summed E-state index contributed by atoms with van der Waals surface area (Å²) in [5, 5.41) is 8.92. The molecule has 0 aliphatic rings. The molecule has 0 fully saturated rings. The third-order valence-electron chi connectivity index (χ3n) is 2.36. The van der Waals surface area contributed by atoms with E-state index in [1.54, 1.807) is 11.9 Å². The van der Waals surface area contributed by atoms with Crippen LogP contribution in [-0.2, 0) is 4.79 Å². The summed E-state index contributed by atoms with van der Waals surface area (Å²) in [5.41, 5.74) is 5.41. The summed E-state index contributed by atoms with van der Waals surface area (Å²) < 4.78 is 0. The van der Waals surface area contributed by atoms with Gasteiger partial charge < -0.3 is 10.8 Å². The smallest absolute Gasteiger partial charge is 0.320 e. The zero-order chi connectivity index (χ0) is 11.3. The van der Waals surface area contributed by atoms with E-state index in [0.29, 0.717) is 17.8 Å². The van der Waals surface area contributed by atoms with Gasteiger partial charge in [-0.1, -0.05) is 19.1 Å². The van der Waals surface area contributed by atoms with Crippen LogP contribution in [0.2, 0.25) is 0 Å². The number of hydrogen-bond acceptors (Lipinski definition) is 3. The minimum Gasteiger partial charge on any atom is -0.480 e. The van der Waals surface area contributed by atoms with Crippen LogP contribution in [0.1, 0.15) is 26.7 Å². The first-order valence-corrected chi connectivity index (χ1v) is 5.04. The van der Waals surface area contributed by atoms with Crippen LogP contribution in [0.4, 0.5) is 0 Å². The highest BCUT2D eigenvalue weighted by Crippen LogP contribution is 2.09. The van der Waals surface area contributed by atoms with E-state index >= 15 is 0 Å². The molecule has 3 N–H and O–H groups in total. The van der Waals surface area contributed by atoms with Gasteiger partial charge in [-0.05, 0) is 20.4 Å². The summed E-state index contributed by atoms with van der Waals surface area (Å²) in [6.45, 7) is 3.77. The second-order valence-electron chi connectivity index (χ2n) is 3.45. The van der Waals surface area contributed by atoms with Crippen molar-refractivity contribution in [3.05, 3.63) is 0 Å². The van der Waals surface area contributed by atoms with Gasteiger partial charge in [-0.15, -0.1) is 0 Å². The van der Waals surface area contributed by atoms with Crippen LogP contribution in [0.5, 0.6) is 0 Å². The van der Waals surface area contributed by atoms with E-state index in [-0.39, 0.29) is 6.04 Å². The fourth-order valence-corrected chi connectivity index (χ4v) is 1.62. The third kappa shape index (κ3) is 4.02. The van der Waals surface area contributed by atoms with Gasteiger partial charge in [-0.25, -0.2) is 0 Å². The molecule has 0 aromatic carbocycles. The molecule has 0 spiro atoms. The average Bonchev–Trinajstić information content (AvgIpc) is 2.03. The topological polar surface area (TPSA) is 66.6 Å². The van der Waals surface area contributed by atoms with Gasteiger partial charge in [0.15, 0.2) is 0 Å². The lowest BCUT2D eigenvalue weighted by atomic mass is 10.1. The summed E-state index contributed by atoms with van der Waals surface area (Å²) in [6.07, 6.45) is 1.13. The Bertz CT molecular complexity index is 221. The Balaban J connectivity index is 4.33. The molecule has 5 heteroatoms. The van der Waals surface area contributed by atoms with Crippen molar-refractivity contribution in [2.45, 2.75) is 38.8 Å². The number of carbonyl (C=O) groups is 1. The Morgan fingerprint density at radius 3 is 2.43 bits per heavy atom. The second kappa shape index (κ2) is 5.93. The molecule has 0 amide bonds. The summed E-state index contributed by atoms with van der Waals surface area (Å²) in [4.78, 5) is 13.1. The maximum atomic E-state index is 10.9. The maximum Gasteiger partial charge on any atom is 0.320 e. The number of carboxylic acids is 1. The molecule has 0 aromatic rings. The summed E-state index contributed by atoms with van der Waals surface area (Å²) in [7, 11) is 1.78. The number of aliphatic carboxylic acids is 1. The van der Waals surface area contributed by atoms with Gasteiger partial charge in [0.2, 0.25) is 0 Å². The van der Waals surface area contributed by atoms with Crippen LogP contribution in [0.25, 0.3) is 0 Å². The van der Waals surface area contributed by atoms with Gasteiger partial charge in [0, 0.05) is 12.5 Å². The Labute approximate surface area is 90.1 Å². The molecular weight excluding hydrogens is 200 g/mol. The predicted octanol–water partition coefficient (Wildman–Crippen LogP) is 0.846. The van der Waals surface area contributed by atoms with Gasteiger partial charge in [-0.3, -0.25) is 9.69 Å². The molecule has 0 radical (unpaired) electrons. The van der Waals surface area contributed by atoms with E-state index in [1.165, 1.54) is 0 Å². The standard InChI is InChI=1S/C9H18N2O2S/c1-4-7(9(12)13)11(3)6(2)5-8(10)14/h6-7H,4-5H2,1-3H3,(H2,10,14)(H,12,13). The fourth-order valence-electron chi connectivity index (χ4n) is 1.38. The summed E-state index contributed by atoms with van der Waals surface area (Å²) >= 11 is 4.78. The predicted molar refractivity (Wildman–Crippen MR) is 60.3 cm³/mol. The minimum atomic E-state index is -0.801. The normalized spacial score (nSPS) is 15.1. The largest absolute Gasteiger partial charge is 0.480 e. The maximum absolute atomic E-state index is 10.9. The summed E-state index contributed by atoms with van der Waals surface area (Å²) in [6, 6.07) is -0.395. The number of carboxylic acid groups (broad SMARTS) is 1. The van der Waals surface area contributed by atoms with E-state index in [9.17, 15) is 4.79 Å². The number of rotatable bonds is 6. The molecule has 2 unspecified atom stereocenters. The van der Waals surface area contributed by atoms with Gasteiger partial charge in [0.25, 0.3) is 0 Å². The number of thiocarbonyl (C=S) groups is 1. The van der Waals surface area contributed by atoms with Gasteiger partial charge in [-0.2, -0.15) is 0 Å². The van der Waals surface area contributed by atoms with Crippen molar-refractivity contribution in [2.24, 2.45) is 5.73 Å². The van der Waals surface area contributed by atoms with Crippen molar-refractivity contribution >= 4 is 23.2 Å². The number of nitrogens with two attached hydrogens (primary N) is 1. The van der Waals surface area contributed by atoms with Crippen molar-refractivity contribution < 1.29 is 9.90 Å². The Hall–Kier alpha value is -0.680. The van der Waals surface area contributed by atoms with Crippen molar-refractivity contribution in [3.63, 3.8) is 0 Å². The van der Waals surface area contributed by atoms with Crippen LogP contribution in [0, 0.1) is 0 Å². The molecule has 0 bridgehead atoms. The highest BCUT2D eigenvalue weighted by Gasteiger charge is 2.24. The van der Waals surface area contributed by atoms with Gasteiger partial charge in [0.1, 0.15) is 6.04 Å². The number of likely N-dealkylation sites (N-methyl/N-ethyl adjacent to an activating group) is 1. The quantitative estimate of drug-likeness (QED) is 0.647. The molecule has 0 saturated heterocycles. The van der Waals surface area contributed by atoms with Gasteiger partial charge >= 0.3 is 5.97 Å². The van der Waals surface area contributed by atoms with Crippen molar-refractivity contribution in [1.29, 1.82) is 0 Å². The number of nitrogens with zero attached hydrogens (tertiary/aromatic N) is 1. The lowest BCUT2D eigenvalue weighted by Crippen LogP contribution is -2.44. The average molecular weight is 218 g/mol. The summed E-state index contributed by atoms with van der Waals surface area (Å²) in [5.74, 6) is -0.801. The Kier molecular flexibility index (Phi) is 5.64. The molecule has 0 heterocycles. The lowest BCUT2D eigenvalue weighted by molar-refractivity contribution is -0.143. The minimum absolute atomic E-state index is 0.0635. The van der Waals surface area contributed by atoms with Crippen LogP contribution in [0.3, 0.4) is 0 Å². The van der Waals surface area contributed by atoms with E-state index < -0.39 is 12.0 Å². The van der Waals surface area contributed by atoms with Crippen LogP contribution in [-0.4, -0.2) is 40.1 Å².